The highest BCUT2D eigenvalue weighted by Crippen LogP contribution is 2.18. The van der Waals surface area contributed by atoms with Crippen LogP contribution in [-0.2, 0) is 7.05 Å². The summed E-state index contributed by atoms with van der Waals surface area (Å²) < 4.78 is 1.79. The molecule has 0 bridgehead atoms. The Morgan fingerprint density at radius 1 is 1.62 bits per heavy atom. The van der Waals surface area contributed by atoms with E-state index < -0.39 is 0 Å². The smallest absolute Gasteiger partial charge is 0.274 e. The molecule has 5 nitrogen and oxygen atoms in total. The molecule has 1 aliphatic rings. The average Bonchev–Trinajstić information content (AvgIpc) is 2.75. The lowest BCUT2D eigenvalue weighted by atomic mass is 10.0. The van der Waals surface area contributed by atoms with E-state index in [0.717, 1.165) is 25.8 Å². The maximum Gasteiger partial charge on any atom is 0.274 e. The minimum absolute atomic E-state index is 0.00995. The van der Waals surface area contributed by atoms with E-state index in [9.17, 15) is 4.79 Å². The Hall–Kier alpha value is -1.36. The number of rotatable bonds is 2. The van der Waals surface area contributed by atoms with Gasteiger partial charge in [0.1, 0.15) is 5.69 Å². The van der Waals surface area contributed by atoms with Crippen LogP contribution in [0.3, 0.4) is 0 Å². The molecule has 0 saturated carbocycles. The second-order valence-corrected chi connectivity index (χ2v) is 4.31. The van der Waals surface area contributed by atoms with E-state index in [2.05, 4.69) is 4.98 Å². The monoisotopic (exact) mass is 222 g/mol. The van der Waals surface area contributed by atoms with Gasteiger partial charge in [-0.25, -0.2) is 4.98 Å². The zero-order valence-corrected chi connectivity index (χ0v) is 9.59. The molecule has 2 heterocycles. The summed E-state index contributed by atoms with van der Waals surface area (Å²) in [7, 11) is 1.86. The van der Waals surface area contributed by atoms with E-state index in [1.165, 1.54) is 0 Å². The number of aryl methyl sites for hydroxylation is 1. The summed E-state index contributed by atoms with van der Waals surface area (Å²) in [6, 6.07) is 0.184. The van der Waals surface area contributed by atoms with Gasteiger partial charge in [-0.1, -0.05) is 0 Å². The lowest BCUT2D eigenvalue weighted by Crippen LogP contribution is -2.47. The van der Waals surface area contributed by atoms with E-state index in [1.54, 1.807) is 17.1 Å². The summed E-state index contributed by atoms with van der Waals surface area (Å²) >= 11 is 0. The van der Waals surface area contributed by atoms with Gasteiger partial charge >= 0.3 is 0 Å². The molecule has 1 aromatic heterocycles. The molecule has 0 spiro atoms. The number of carbonyl (C=O) groups is 1. The molecular formula is C11H18N4O. The molecule has 2 N–H and O–H groups in total. The Morgan fingerprint density at radius 3 is 3.06 bits per heavy atom. The predicted octanol–water partition coefficient (Wildman–Crippen LogP) is 0.374. The Morgan fingerprint density at radius 2 is 2.44 bits per heavy atom. The Labute approximate surface area is 95.2 Å². The normalized spacial score (nSPS) is 21.1. The van der Waals surface area contributed by atoms with Gasteiger partial charge < -0.3 is 15.2 Å². The lowest BCUT2D eigenvalue weighted by molar-refractivity contribution is 0.0617. The molecule has 16 heavy (non-hydrogen) atoms. The Balaban J connectivity index is 2.13. The van der Waals surface area contributed by atoms with Gasteiger partial charge in [0.15, 0.2) is 0 Å². The molecule has 1 amide bonds. The molecule has 1 unspecified atom stereocenters. The van der Waals surface area contributed by atoms with Crippen LogP contribution in [0.2, 0.25) is 0 Å². The van der Waals surface area contributed by atoms with Crippen LogP contribution in [-0.4, -0.2) is 39.5 Å². The summed E-state index contributed by atoms with van der Waals surface area (Å²) in [5.74, 6) is 0.00995. The largest absolute Gasteiger partial charge is 0.340 e. The van der Waals surface area contributed by atoms with Crippen LogP contribution in [0.5, 0.6) is 0 Å². The quantitative estimate of drug-likeness (QED) is 0.786. The Kier molecular flexibility index (Phi) is 3.24. The first-order valence-corrected chi connectivity index (χ1v) is 5.71. The third-order valence-corrected chi connectivity index (χ3v) is 3.08. The highest BCUT2D eigenvalue weighted by Gasteiger charge is 2.27. The number of likely N-dealkylation sites (tertiary alicyclic amines) is 1. The van der Waals surface area contributed by atoms with Gasteiger partial charge in [0, 0.05) is 32.4 Å². The molecule has 1 atom stereocenters. The molecule has 0 aliphatic carbocycles. The van der Waals surface area contributed by atoms with Crippen molar-refractivity contribution in [3.05, 3.63) is 18.2 Å². The maximum absolute atomic E-state index is 12.2. The van der Waals surface area contributed by atoms with E-state index >= 15 is 0 Å². The van der Waals surface area contributed by atoms with Crippen molar-refractivity contribution in [2.24, 2.45) is 12.8 Å². The molecule has 88 valence electrons. The average molecular weight is 222 g/mol. The zero-order chi connectivity index (χ0) is 11.5. The van der Waals surface area contributed by atoms with Crippen molar-refractivity contribution >= 4 is 5.91 Å². The first-order valence-electron chi connectivity index (χ1n) is 5.71. The standard InChI is InChI=1S/C11H18N4O/c1-14-7-10(13-8-14)11(16)15-5-3-2-4-9(15)6-12/h7-9H,2-6,12H2,1H3. The number of hydrogen-bond donors (Lipinski definition) is 1. The lowest BCUT2D eigenvalue weighted by Gasteiger charge is -2.34. The number of amides is 1. The van der Waals surface area contributed by atoms with Gasteiger partial charge in [0.05, 0.1) is 6.33 Å². The first kappa shape index (κ1) is 11.1. The third kappa shape index (κ3) is 2.09. The molecule has 5 heteroatoms. The predicted molar refractivity (Wildman–Crippen MR) is 60.9 cm³/mol. The van der Waals surface area contributed by atoms with Gasteiger partial charge in [-0.3, -0.25) is 4.79 Å². The SMILES string of the molecule is Cn1cnc(C(=O)N2CCCCC2CN)c1. The number of nitrogens with zero attached hydrogens (tertiary/aromatic N) is 3. The van der Waals surface area contributed by atoms with Gasteiger partial charge in [0.25, 0.3) is 5.91 Å². The molecule has 1 fully saturated rings. The summed E-state index contributed by atoms with van der Waals surface area (Å²) in [6.07, 6.45) is 6.64. The Bertz CT molecular complexity index is 374. The van der Waals surface area contributed by atoms with Gasteiger partial charge in [-0.2, -0.15) is 0 Å². The third-order valence-electron chi connectivity index (χ3n) is 3.08. The van der Waals surface area contributed by atoms with E-state index in [0.29, 0.717) is 12.2 Å². The van der Waals surface area contributed by atoms with Crippen molar-refractivity contribution in [2.45, 2.75) is 25.3 Å². The number of aromatic nitrogens is 2. The fourth-order valence-electron chi connectivity index (χ4n) is 2.18. The van der Waals surface area contributed by atoms with Crippen molar-refractivity contribution in [3.63, 3.8) is 0 Å². The maximum atomic E-state index is 12.2. The van der Waals surface area contributed by atoms with E-state index in [1.807, 2.05) is 11.9 Å². The molecular weight excluding hydrogens is 204 g/mol. The fraction of sp³-hybridized carbons (Fsp3) is 0.636. The van der Waals surface area contributed by atoms with Crippen LogP contribution in [0.25, 0.3) is 0 Å². The van der Waals surface area contributed by atoms with Crippen molar-refractivity contribution in [1.29, 1.82) is 0 Å². The number of imidazole rings is 1. The van der Waals surface area contributed by atoms with Crippen LogP contribution in [0.4, 0.5) is 0 Å². The van der Waals surface area contributed by atoms with Gasteiger partial charge in [0.2, 0.25) is 0 Å². The topological polar surface area (TPSA) is 64.2 Å². The van der Waals surface area contributed by atoms with Crippen LogP contribution >= 0.6 is 0 Å². The minimum Gasteiger partial charge on any atom is -0.340 e. The van der Waals surface area contributed by atoms with Gasteiger partial charge in [-0.05, 0) is 19.3 Å². The van der Waals surface area contributed by atoms with Crippen molar-refractivity contribution in [3.8, 4) is 0 Å². The van der Waals surface area contributed by atoms with Crippen molar-refractivity contribution < 1.29 is 4.79 Å². The summed E-state index contributed by atoms with van der Waals surface area (Å²) in [4.78, 5) is 18.1. The van der Waals surface area contributed by atoms with Crippen molar-refractivity contribution in [2.75, 3.05) is 13.1 Å². The van der Waals surface area contributed by atoms with Crippen LogP contribution < -0.4 is 5.73 Å². The minimum atomic E-state index is 0.00995. The molecule has 1 aromatic rings. The first-order chi connectivity index (χ1) is 7.72. The van der Waals surface area contributed by atoms with Crippen LogP contribution in [0.15, 0.2) is 12.5 Å². The highest BCUT2D eigenvalue weighted by molar-refractivity contribution is 5.92. The summed E-state index contributed by atoms with van der Waals surface area (Å²) in [6.45, 7) is 1.34. The summed E-state index contributed by atoms with van der Waals surface area (Å²) in [5, 5.41) is 0. The van der Waals surface area contributed by atoms with E-state index in [4.69, 9.17) is 5.73 Å². The van der Waals surface area contributed by atoms with Crippen LogP contribution in [0.1, 0.15) is 29.8 Å². The van der Waals surface area contributed by atoms with Crippen molar-refractivity contribution in [1.82, 2.24) is 14.5 Å². The molecule has 0 radical (unpaired) electrons. The number of nitrogens with two attached hydrogens (primary N) is 1. The number of carbonyl (C=O) groups excluding carboxylic acids is 1. The van der Waals surface area contributed by atoms with Gasteiger partial charge in [-0.15, -0.1) is 0 Å². The molecule has 2 rings (SSSR count). The molecule has 1 saturated heterocycles. The second kappa shape index (κ2) is 4.65. The van der Waals surface area contributed by atoms with Crippen LogP contribution in [0, 0.1) is 0 Å². The summed E-state index contributed by atoms with van der Waals surface area (Å²) in [5.41, 5.74) is 6.21. The fourth-order valence-corrected chi connectivity index (χ4v) is 2.18. The number of piperidine rings is 1. The molecule has 0 aromatic carbocycles. The van der Waals surface area contributed by atoms with E-state index in [-0.39, 0.29) is 11.9 Å². The second-order valence-electron chi connectivity index (χ2n) is 4.31. The molecule has 1 aliphatic heterocycles. The highest BCUT2D eigenvalue weighted by atomic mass is 16.2. The number of hydrogen-bond acceptors (Lipinski definition) is 3. The zero-order valence-electron chi connectivity index (χ0n) is 9.59.